The molecule has 2 aromatic heterocycles. The van der Waals surface area contributed by atoms with Crippen molar-refractivity contribution >= 4 is 50.5 Å². The summed E-state index contributed by atoms with van der Waals surface area (Å²) < 4.78 is 1.62. The van der Waals surface area contributed by atoms with Crippen LogP contribution in [0.1, 0.15) is 31.0 Å². The van der Waals surface area contributed by atoms with E-state index < -0.39 is 0 Å². The second-order valence-corrected chi connectivity index (χ2v) is 8.15. The van der Waals surface area contributed by atoms with Crippen molar-refractivity contribution in [2.75, 3.05) is 0 Å². The number of aryl methyl sites for hydroxylation is 2. The van der Waals surface area contributed by atoms with Gasteiger partial charge in [-0.3, -0.25) is 14.2 Å². The summed E-state index contributed by atoms with van der Waals surface area (Å²) in [5, 5.41) is 1.49. The number of ketones is 1. The number of fused-ring (bicyclic) bond motifs is 1. The Bertz CT molecular complexity index is 1070. The Morgan fingerprint density at radius 1 is 1.27 bits per heavy atom. The minimum absolute atomic E-state index is 0.0465. The van der Waals surface area contributed by atoms with Crippen LogP contribution in [-0.2, 0) is 17.8 Å². The van der Waals surface area contributed by atoms with Crippen LogP contribution in [0.25, 0.3) is 21.3 Å². The monoisotopic (exact) mass is 408 g/mol. The van der Waals surface area contributed by atoms with Crippen molar-refractivity contribution in [1.82, 2.24) is 9.55 Å². The van der Waals surface area contributed by atoms with Crippen molar-refractivity contribution < 1.29 is 4.79 Å². The average Bonchev–Trinajstić information content (AvgIpc) is 2.92. The highest BCUT2D eigenvalue weighted by Gasteiger charge is 2.20. The Hall–Kier alpha value is -1.69. The molecule has 0 aliphatic rings. The third kappa shape index (κ3) is 3.43. The van der Waals surface area contributed by atoms with Crippen molar-refractivity contribution in [1.29, 1.82) is 0 Å². The molecule has 0 aliphatic heterocycles. The maximum Gasteiger partial charge on any atom is 0.262 e. The lowest BCUT2D eigenvalue weighted by Gasteiger charge is -2.11. The number of carbonyl (C=O) groups is 1. The van der Waals surface area contributed by atoms with Crippen LogP contribution in [0.4, 0.5) is 0 Å². The molecule has 7 heteroatoms. The van der Waals surface area contributed by atoms with E-state index in [1.54, 1.807) is 16.7 Å². The number of rotatable bonds is 5. The van der Waals surface area contributed by atoms with Gasteiger partial charge in [0.25, 0.3) is 5.56 Å². The van der Waals surface area contributed by atoms with Crippen molar-refractivity contribution in [2.45, 2.75) is 40.2 Å². The van der Waals surface area contributed by atoms with E-state index in [1.807, 2.05) is 19.9 Å². The van der Waals surface area contributed by atoms with Gasteiger partial charge in [-0.05, 0) is 31.5 Å². The van der Waals surface area contributed by atoms with Gasteiger partial charge in [0.15, 0.2) is 0 Å². The van der Waals surface area contributed by atoms with Crippen LogP contribution < -0.4 is 5.56 Å². The molecule has 0 N–H and O–H groups in total. The van der Waals surface area contributed by atoms with Gasteiger partial charge >= 0.3 is 0 Å². The number of hydrogen-bond donors (Lipinski definition) is 0. The van der Waals surface area contributed by atoms with E-state index in [-0.39, 0.29) is 11.3 Å². The molecule has 136 valence electrons. The van der Waals surface area contributed by atoms with E-state index in [0.717, 1.165) is 16.0 Å². The molecular weight excluding hydrogens is 391 g/mol. The molecule has 3 aromatic rings. The van der Waals surface area contributed by atoms with Gasteiger partial charge in [-0.1, -0.05) is 36.2 Å². The fourth-order valence-corrected chi connectivity index (χ4v) is 4.36. The van der Waals surface area contributed by atoms with Crippen LogP contribution in [0.2, 0.25) is 10.0 Å². The topological polar surface area (TPSA) is 52.0 Å². The molecule has 26 heavy (non-hydrogen) atoms. The van der Waals surface area contributed by atoms with Crippen molar-refractivity contribution in [3.8, 4) is 11.1 Å². The highest BCUT2D eigenvalue weighted by molar-refractivity contribution is 7.19. The number of carbonyl (C=O) groups excluding carboxylic acids is 1. The third-order valence-electron chi connectivity index (χ3n) is 4.28. The van der Waals surface area contributed by atoms with Crippen molar-refractivity contribution in [2.24, 2.45) is 0 Å². The third-order valence-corrected chi connectivity index (χ3v) is 6.02. The molecule has 0 fully saturated rings. The summed E-state index contributed by atoms with van der Waals surface area (Å²) in [6.45, 7) is 5.79. The molecule has 0 radical (unpaired) electrons. The average molecular weight is 409 g/mol. The van der Waals surface area contributed by atoms with E-state index >= 15 is 0 Å². The maximum atomic E-state index is 13.2. The second kappa shape index (κ2) is 7.51. The highest BCUT2D eigenvalue weighted by Crippen LogP contribution is 2.38. The van der Waals surface area contributed by atoms with Gasteiger partial charge in [-0.25, -0.2) is 4.98 Å². The van der Waals surface area contributed by atoms with Gasteiger partial charge in [0, 0.05) is 29.8 Å². The number of thiophene rings is 1. The number of benzene rings is 1. The summed E-state index contributed by atoms with van der Waals surface area (Å²) in [6.07, 6.45) is 0.938. The molecule has 0 amide bonds. The maximum absolute atomic E-state index is 13.2. The first kappa shape index (κ1) is 19.1. The minimum Gasteiger partial charge on any atom is -0.300 e. The minimum atomic E-state index is -0.112. The SMILES string of the molecule is CCc1nc2sc(C)c(-c3ccc(Cl)c(Cl)c3)c2c(=O)n1CCC(C)=O. The quantitative estimate of drug-likeness (QED) is 0.576. The molecule has 1 aromatic carbocycles. The second-order valence-electron chi connectivity index (χ2n) is 6.13. The van der Waals surface area contributed by atoms with Crippen molar-refractivity contribution in [3.05, 3.63) is 49.3 Å². The van der Waals surface area contributed by atoms with E-state index in [0.29, 0.717) is 45.5 Å². The Labute approximate surface area is 165 Å². The predicted octanol–water partition coefficient (Wildman–Crippen LogP) is 5.28. The first-order valence-electron chi connectivity index (χ1n) is 8.31. The summed E-state index contributed by atoms with van der Waals surface area (Å²) in [6, 6.07) is 5.35. The van der Waals surface area contributed by atoms with E-state index in [4.69, 9.17) is 28.2 Å². The summed E-state index contributed by atoms with van der Waals surface area (Å²) in [5.74, 6) is 0.746. The summed E-state index contributed by atoms with van der Waals surface area (Å²) in [5.41, 5.74) is 1.56. The van der Waals surface area contributed by atoms with Gasteiger partial charge in [0.1, 0.15) is 16.4 Å². The highest BCUT2D eigenvalue weighted by atomic mass is 35.5. The summed E-state index contributed by atoms with van der Waals surface area (Å²) >= 11 is 13.7. The van der Waals surface area contributed by atoms with E-state index in [2.05, 4.69) is 0 Å². The van der Waals surface area contributed by atoms with E-state index in [1.165, 1.54) is 18.3 Å². The Balaban J connectivity index is 2.29. The van der Waals surface area contributed by atoms with Gasteiger partial charge < -0.3 is 0 Å². The first-order chi connectivity index (χ1) is 12.3. The molecule has 0 saturated carbocycles. The lowest BCUT2D eigenvalue weighted by Crippen LogP contribution is -2.26. The van der Waals surface area contributed by atoms with Crippen LogP contribution in [-0.4, -0.2) is 15.3 Å². The molecule has 0 spiro atoms. The smallest absolute Gasteiger partial charge is 0.262 e. The normalized spacial score (nSPS) is 11.3. The fraction of sp³-hybridized carbons (Fsp3) is 0.316. The van der Waals surface area contributed by atoms with Crippen LogP contribution in [0.5, 0.6) is 0 Å². The number of nitrogens with zero attached hydrogens (tertiary/aromatic N) is 2. The zero-order chi connectivity index (χ0) is 19.0. The summed E-state index contributed by atoms with van der Waals surface area (Å²) in [4.78, 5) is 31.0. The van der Waals surface area contributed by atoms with Crippen LogP contribution in [0.15, 0.2) is 23.0 Å². The standard InChI is InChI=1S/C19H18Cl2N2O2S/c1-4-15-22-18-17(19(25)23(15)8-7-10(2)24)16(11(3)26-18)12-5-6-13(20)14(21)9-12/h5-6,9H,4,7-8H2,1-3H3. The Morgan fingerprint density at radius 2 is 2.00 bits per heavy atom. The number of aromatic nitrogens is 2. The van der Waals surface area contributed by atoms with E-state index in [9.17, 15) is 9.59 Å². The van der Waals surface area contributed by atoms with Gasteiger partial charge in [-0.15, -0.1) is 11.3 Å². The molecule has 0 atom stereocenters. The number of Topliss-reactive ketones (excluding diaryl/α,β-unsaturated/α-hetero) is 1. The molecule has 0 unspecified atom stereocenters. The van der Waals surface area contributed by atoms with Crippen LogP contribution in [0, 0.1) is 6.92 Å². The van der Waals surface area contributed by atoms with Gasteiger partial charge in [0.2, 0.25) is 0 Å². The van der Waals surface area contributed by atoms with Gasteiger partial charge in [-0.2, -0.15) is 0 Å². The zero-order valence-electron chi connectivity index (χ0n) is 14.7. The molecule has 0 aliphatic carbocycles. The van der Waals surface area contributed by atoms with Crippen LogP contribution >= 0.6 is 34.5 Å². The lowest BCUT2D eigenvalue weighted by molar-refractivity contribution is -0.117. The fourth-order valence-electron chi connectivity index (χ4n) is 3.01. The summed E-state index contributed by atoms with van der Waals surface area (Å²) in [7, 11) is 0. The largest absolute Gasteiger partial charge is 0.300 e. The molecule has 2 heterocycles. The molecule has 4 nitrogen and oxygen atoms in total. The first-order valence-corrected chi connectivity index (χ1v) is 9.88. The lowest BCUT2D eigenvalue weighted by atomic mass is 10.0. The van der Waals surface area contributed by atoms with Gasteiger partial charge in [0.05, 0.1) is 15.4 Å². The molecule has 0 bridgehead atoms. The van der Waals surface area contributed by atoms with Crippen LogP contribution in [0.3, 0.4) is 0 Å². The predicted molar refractivity (Wildman–Crippen MR) is 109 cm³/mol. The Kier molecular flexibility index (Phi) is 5.51. The molecule has 3 rings (SSSR count). The Morgan fingerprint density at radius 3 is 2.62 bits per heavy atom. The molecular formula is C19H18Cl2N2O2S. The zero-order valence-corrected chi connectivity index (χ0v) is 17.1. The van der Waals surface area contributed by atoms with Crippen molar-refractivity contribution in [3.63, 3.8) is 0 Å². The number of hydrogen-bond acceptors (Lipinski definition) is 4. The number of halogens is 2. The molecule has 0 saturated heterocycles.